The van der Waals surface area contributed by atoms with E-state index in [9.17, 15) is 4.79 Å². The normalized spacial score (nSPS) is 14.6. The maximum atomic E-state index is 12.3. The first-order chi connectivity index (χ1) is 15.2. The summed E-state index contributed by atoms with van der Waals surface area (Å²) in [6.07, 6.45) is 1.91. The van der Waals surface area contributed by atoms with E-state index in [4.69, 9.17) is 21.1 Å². The van der Waals surface area contributed by atoms with Crippen LogP contribution in [-0.2, 0) is 22.6 Å². The summed E-state index contributed by atoms with van der Waals surface area (Å²) in [4.78, 5) is 14.7. The Kier molecular flexibility index (Phi) is 7.54. The molecule has 5 nitrogen and oxygen atoms in total. The highest BCUT2D eigenvalue weighted by molar-refractivity contribution is 6.30. The van der Waals surface area contributed by atoms with Crippen molar-refractivity contribution in [1.82, 2.24) is 9.47 Å². The van der Waals surface area contributed by atoms with Crippen LogP contribution in [-0.4, -0.2) is 48.9 Å². The SMILES string of the molecule is O=c1ccc(-c2ccc(COCCN3CCOCC3)cc2)cn1Cc1ccc(Cl)cc1. The van der Waals surface area contributed by atoms with Crippen molar-refractivity contribution in [2.75, 3.05) is 39.5 Å². The summed E-state index contributed by atoms with van der Waals surface area (Å²) in [7, 11) is 0. The summed E-state index contributed by atoms with van der Waals surface area (Å²) < 4.78 is 12.9. The van der Waals surface area contributed by atoms with Crippen LogP contribution in [0.4, 0.5) is 0 Å². The van der Waals surface area contributed by atoms with Gasteiger partial charge in [0.15, 0.2) is 0 Å². The van der Waals surface area contributed by atoms with Crippen molar-refractivity contribution in [3.63, 3.8) is 0 Å². The van der Waals surface area contributed by atoms with E-state index in [1.54, 1.807) is 10.6 Å². The molecule has 1 saturated heterocycles. The molecule has 0 saturated carbocycles. The van der Waals surface area contributed by atoms with Crippen molar-refractivity contribution in [3.8, 4) is 11.1 Å². The molecule has 0 spiro atoms. The fourth-order valence-electron chi connectivity index (χ4n) is 3.61. The highest BCUT2D eigenvalue weighted by Gasteiger charge is 2.09. The zero-order valence-corrected chi connectivity index (χ0v) is 18.3. The zero-order valence-electron chi connectivity index (χ0n) is 17.5. The lowest BCUT2D eigenvalue weighted by atomic mass is 10.1. The molecule has 2 aromatic carbocycles. The lowest BCUT2D eigenvalue weighted by molar-refractivity contribution is 0.0180. The van der Waals surface area contributed by atoms with E-state index in [2.05, 4.69) is 29.2 Å². The van der Waals surface area contributed by atoms with Gasteiger partial charge in [0.05, 0.1) is 33.0 Å². The van der Waals surface area contributed by atoms with Crippen LogP contribution in [0.5, 0.6) is 0 Å². The summed E-state index contributed by atoms with van der Waals surface area (Å²) in [6.45, 7) is 6.37. The standard InChI is InChI=1S/C25H27ClN2O3/c26-24-8-3-20(4-9-24)17-28-18-23(7-10-25(28)29)22-5-1-21(2-6-22)19-31-16-13-27-11-14-30-15-12-27/h1-10,18H,11-17,19H2. The summed E-state index contributed by atoms with van der Waals surface area (Å²) in [5, 5.41) is 0.690. The van der Waals surface area contributed by atoms with Gasteiger partial charge in [0.25, 0.3) is 5.56 Å². The molecule has 0 bridgehead atoms. The topological polar surface area (TPSA) is 43.7 Å². The van der Waals surface area contributed by atoms with Gasteiger partial charge < -0.3 is 14.0 Å². The number of nitrogens with zero attached hydrogens (tertiary/aromatic N) is 2. The van der Waals surface area contributed by atoms with Crippen molar-refractivity contribution < 1.29 is 9.47 Å². The molecule has 31 heavy (non-hydrogen) atoms. The van der Waals surface area contributed by atoms with Crippen molar-refractivity contribution in [3.05, 3.63) is 93.4 Å². The van der Waals surface area contributed by atoms with Gasteiger partial charge in [-0.05, 0) is 40.5 Å². The van der Waals surface area contributed by atoms with Crippen LogP contribution in [0.25, 0.3) is 11.1 Å². The third-order valence-corrected chi connectivity index (χ3v) is 5.71. The van der Waals surface area contributed by atoms with Gasteiger partial charge >= 0.3 is 0 Å². The van der Waals surface area contributed by atoms with Crippen LogP contribution >= 0.6 is 11.6 Å². The Hall–Kier alpha value is -2.44. The Bertz CT molecular complexity index is 1030. The number of halogens is 1. The van der Waals surface area contributed by atoms with E-state index in [0.717, 1.165) is 61.7 Å². The first kappa shape index (κ1) is 21.8. The van der Waals surface area contributed by atoms with Gasteiger partial charge in [-0.2, -0.15) is 0 Å². The van der Waals surface area contributed by atoms with Crippen LogP contribution in [0.15, 0.2) is 71.7 Å². The lowest BCUT2D eigenvalue weighted by Gasteiger charge is -2.26. The fourth-order valence-corrected chi connectivity index (χ4v) is 3.74. The van der Waals surface area contributed by atoms with Gasteiger partial charge in [0.1, 0.15) is 0 Å². The second-order valence-corrected chi connectivity index (χ2v) is 8.15. The fraction of sp³-hybridized carbons (Fsp3) is 0.320. The summed E-state index contributed by atoms with van der Waals surface area (Å²) >= 11 is 5.96. The molecule has 6 heteroatoms. The lowest BCUT2D eigenvalue weighted by Crippen LogP contribution is -2.38. The first-order valence-corrected chi connectivity index (χ1v) is 11.0. The molecule has 1 aliphatic heterocycles. The molecular weight excluding hydrogens is 412 g/mol. The Morgan fingerprint density at radius 1 is 0.871 bits per heavy atom. The maximum absolute atomic E-state index is 12.3. The number of pyridine rings is 1. The van der Waals surface area contributed by atoms with Crippen LogP contribution in [0.2, 0.25) is 5.02 Å². The predicted molar refractivity (Wildman–Crippen MR) is 124 cm³/mol. The quantitative estimate of drug-likeness (QED) is 0.497. The third-order valence-electron chi connectivity index (χ3n) is 5.46. The Balaban J connectivity index is 1.34. The van der Waals surface area contributed by atoms with Crippen molar-refractivity contribution in [2.24, 2.45) is 0 Å². The van der Waals surface area contributed by atoms with E-state index in [1.165, 1.54) is 0 Å². The minimum absolute atomic E-state index is 0.0241. The molecule has 2 heterocycles. The minimum atomic E-state index is -0.0241. The number of morpholine rings is 1. The molecule has 162 valence electrons. The van der Waals surface area contributed by atoms with Crippen molar-refractivity contribution in [2.45, 2.75) is 13.2 Å². The van der Waals surface area contributed by atoms with Crippen LogP contribution in [0, 0.1) is 0 Å². The van der Waals surface area contributed by atoms with E-state index in [1.807, 2.05) is 36.5 Å². The van der Waals surface area contributed by atoms with Crippen LogP contribution in [0.3, 0.4) is 0 Å². The third kappa shape index (κ3) is 6.28. The molecule has 0 aliphatic carbocycles. The molecule has 0 amide bonds. The number of hydrogen-bond donors (Lipinski definition) is 0. The largest absolute Gasteiger partial charge is 0.379 e. The molecule has 1 aliphatic rings. The zero-order chi connectivity index (χ0) is 21.5. The molecule has 0 radical (unpaired) electrons. The van der Waals surface area contributed by atoms with Gasteiger partial charge in [-0.25, -0.2) is 0 Å². The predicted octanol–water partition coefficient (Wildman–Crippen LogP) is 4.07. The number of hydrogen-bond acceptors (Lipinski definition) is 4. The molecule has 1 aromatic heterocycles. The van der Waals surface area contributed by atoms with Gasteiger partial charge in [-0.15, -0.1) is 0 Å². The monoisotopic (exact) mass is 438 g/mol. The van der Waals surface area contributed by atoms with Crippen LogP contribution in [0.1, 0.15) is 11.1 Å². The number of rotatable bonds is 8. The Labute approximate surface area is 187 Å². The second kappa shape index (κ2) is 10.7. The highest BCUT2D eigenvalue weighted by Crippen LogP contribution is 2.19. The molecule has 0 N–H and O–H groups in total. The van der Waals surface area contributed by atoms with E-state index >= 15 is 0 Å². The van der Waals surface area contributed by atoms with Gasteiger partial charge in [0.2, 0.25) is 0 Å². The Morgan fingerprint density at radius 3 is 2.29 bits per heavy atom. The van der Waals surface area contributed by atoms with Gasteiger partial charge in [-0.3, -0.25) is 9.69 Å². The summed E-state index contributed by atoms with van der Waals surface area (Å²) in [5.74, 6) is 0. The second-order valence-electron chi connectivity index (χ2n) is 7.71. The molecule has 0 unspecified atom stereocenters. The van der Waals surface area contributed by atoms with Gasteiger partial charge in [-0.1, -0.05) is 48.0 Å². The molecule has 4 rings (SSSR count). The summed E-state index contributed by atoms with van der Waals surface area (Å²) in [6, 6.07) is 19.4. The number of benzene rings is 2. The van der Waals surface area contributed by atoms with Crippen molar-refractivity contribution in [1.29, 1.82) is 0 Å². The molecule has 3 aromatic rings. The molecular formula is C25H27ClN2O3. The number of aromatic nitrogens is 1. The average Bonchev–Trinajstić information content (AvgIpc) is 2.81. The van der Waals surface area contributed by atoms with E-state index in [0.29, 0.717) is 18.2 Å². The highest BCUT2D eigenvalue weighted by atomic mass is 35.5. The Morgan fingerprint density at radius 2 is 1.55 bits per heavy atom. The van der Waals surface area contributed by atoms with E-state index in [-0.39, 0.29) is 5.56 Å². The van der Waals surface area contributed by atoms with Gasteiger partial charge in [0, 0.05) is 36.9 Å². The van der Waals surface area contributed by atoms with E-state index < -0.39 is 0 Å². The minimum Gasteiger partial charge on any atom is -0.379 e. The molecule has 0 atom stereocenters. The first-order valence-electron chi connectivity index (χ1n) is 10.6. The average molecular weight is 439 g/mol. The molecule has 1 fully saturated rings. The summed E-state index contributed by atoms with van der Waals surface area (Å²) in [5.41, 5.74) is 4.23. The van der Waals surface area contributed by atoms with Crippen LogP contribution < -0.4 is 5.56 Å². The van der Waals surface area contributed by atoms with Crippen molar-refractivity contribution >= 4 is 11.6 Å². The number of ether oxygens (including phenoxy) is 2. The maximum Gasteiger partial charge on any atom is 0.250 e. The smallest absolute Gasteiger partial charge is 0.250 e.